The van der Waals surface area contributed by atoms with Gasteiger partial charge in [0.15, 0.2) is 5.96 Å². The molecule has 2 aromatic carbocycles. The van der Waals surface area contributed by atoms with Crippen molar-refractivity contribution in [1.29, 1.82) is 5.26 Å². The predicted molar refractivity (Wildman–Crippen MR) is 169 cm³/mol. The number of alkyl halides is 6. The Bertz CT molecular complexity index is 1530. The van der Waals surface area contributed by atoms with Crippen LogP contribution < -0.4 is 32.4 Å². The van der Waals surface area contributed by atoms with E-state index in [4.69, 9.17) is 28.2 Å². The summed E-state index contributed by atoms with van der Waals surface area (Å²) in [5, 5.41) is 8.15. The molecular formula is C26H33Cl2F6N11O2. The SMILES string of the molecule is Cl.Cl.N#CN=C(N)N1CCCC1.NC(=Nc1nc2ccc(OC(F)(F)F)cc2[nH]1)N1CCCC1.Nc1ccc(OC(F)(F)F)cc1N. The Morgan fingerprint density at radius 2 is 1.28 bits per heavy atom. The minimum atomic E-state index is -4.73. The molecule has 2 aliphatic rings. The first-order valence-electron chi connectivity index (χ1n) is 13.4. The maximum Gasteiger partial charge on any atom is 0.573 e. The van der Waals surface area contributed by atoms with E-state index in [0.29, 0.717) is 23.0 Å². The number of ether oxygens (including phenoxy) is 2. The molecule has 9 N–H and O–H groups in total. The highest BCUT2D eigenvalue weighted by molar-refractivity contribution is 5.86. The van der Waals surface area contributed by atoms with Crippen molar-refractivity contribution in [3.8, 4) is 17.7 Å². The number of rotatable bonds is 3. The van der Waals surface area contributed by atoms with Gasteiger partial charge in [0.1, 0.15) is 11.5 Å². The number of aliphatic imine (C=N–C) groups is 2. The monoisotopic (exact) mass is 715 g/mol. The third-order valence-corrected chi connectivity index (χ3v) is 6.21. The van der Waals surface area contributed by atoms with Crippen LogP contribution in [-0.4, -0.2) is 70.6 Å². The second kappa shape index (κ2) is 17.9. The van der Waals surface area contributed by atoms with Gasteiger partial charge in [-0.1, -0.05) is 0 Å². The van der Waals surface area contributed by atoms with Gasteiger partial charge >= 0.3 is 12.7 Å². The molecule has 21 heteroatoms. The molecule has 47 heavy (non-hydrogen) atoms. The molecule has 0 aliphatic carbocycles. The topological polar surface area (TPSA) is 206 Å². The third kappa shape index (κ3) is 13.7. The first-order chi connectivity index (χ1) is 21.1. The van der Waals surface area contributed by atoms with Gasteiger partial charge in [-0.25, -0.2) is 4.98 Å². The number of anilines is 2. The van der Waals surface area contributed by atoms with Crippen LogP contribution in [0, 0.1) is 11.5 Å². The van der Waals surface area contributed by atoms with Crippen LogP contribution in [0.1, 0.15) is 25.7 Å². The summed E-state index contributed by atoms with van der Waals surface area (Å²) in [6.45, 7) is 3.58. The summed E-state index contributed by atoms with van der Waals surface area (Å²) >= 11 is 0. The van der Waals surface area contributed by atoms with E-state index in [-0.39, 0.29) is 53.6 Å². The third-order valence-electron chi connectivity index (χ3n) is 6.21. The molecular weight excluding hydrogens is 683 g/mol. The fourth-order valence-electron chi connectivity index (χ4n) is 4.17. The second-order valence-corrected chi connectivity index (χ2v) is 9.55. The maximum atomic E-state index is 12.2. The molecule has 3 aromatic rings. The zero-order valence-electron chi connectivity index (χ0n) is 24.5. The number of hydrogen-bond acceptors (Lipinski definition) is 8. The highest BCUT2D eigenvalue weighted by Crippen LogP contribution is 2.28. The van der Waals surface area contributed by atoms with Crippen molar-refractivity contribution < 1.29 is 35.8 Å². The number of aromatic amines is 1. The molecule has 260 valence electrons. The van der Waals surface area contributed by atoms with Crippen molar-refractivity contribution in [3.05, 3.63) is 36.4 Å². The van der Waals surface area contributed by atoms with Crippen LogP contribution in [0.2, 0.25) is 0 Å². The second-order valence-electron chi connectivity index (χ2n) is 9.55. The Labute approximate surface area is 277 Å². The number of nitrogens with one attached hydrogen (secondary N) is 1. The van der Waals surface area contributed by atoms with Gasteiger partial charge in [-0.2, -0.15) is 10.3 Å². The van der Waals surface area contributed by atoms with Gasteiger partial charge < -0.3 is 47.2 Å². The number of nitrogens with zero attached hydrogens (tertiary/aromatic N) is 6. The first-order valence-corrected chi connectivity index (χ1v) is 13.4. The Balaban J connectivity index is 0.000000379. The van der Waals surface area contributed by atoms with E-state index in [2.05, 4.69) is 29.4 Å². The zero-order valence-corrected chi connectivity index (χ0v) is 26.1. The van der Waals surface area contributed by atoms with Crippen LogP contribution in [0.5, 0.6) is 11.5 Å². The summed E-state index contributed by atoms with van der Waals surface area (Å²) in [4.78, 5) is 18.5. The van der Waals surface area contributed by atoms with Crippen LogP contribution in [-0.2, 0) is 0 Å². The molecule has 0 amide bonds. The largest absolute Gasteiger partial charge is 0.573 e. The predicted octanol–water partition coefficient (Wildman–Crippen LogP) is 4.97. The first kappa shape index (κ1) is 40.3. The van der Waals surface area contributed by atoms with Crippen LogP contribution in [0.25, 0.3) is 11.0 Å². The van der Waals surface area contributed by atoms with Gasteiger partial charge in [-0.05, 0) is 49.9 Å². The molecule has 5 rings (SSSR count). The highest BCUT2D eigenvalue weighted by atomic mass is 35.5. The van der Waals surface area contributed by atoms with Crippen LogP contribution in [0.15, 0.2) is 46.4 Å². The van der Waals surface area contributed by atoms with Gasteiger partial charge in [0.05, 0.1) is 22.4 Å². The van der Waals surface area contributed by atoms with Crippen molar-refractivity contribution in [2.45, 2.75) is 38.4 Å². The number of benzene rings is 2. The lowest BCUT2D eigenvalue weighted by Crippen LogP contribution is -2.34. The van der Waals surface area contributed by atoms with Gasteiger partial charge in [0.25, 0.3) is 0 Å². The number of nitrogen functional groups attached to an aromatic ring is 2. The number of fused-ring (bicyclic) bond motifs is 1. The minimum Gasteiger partial charge on any atom is -0.406 e. The van der Waals surface area contributed by atoms with Gasteiger partial charge in [-0.3, -0.25) is 0 Å². The summed E-state index contributed by atoms with van der Waals surface area (Å²) in [7, 11) is 0. The standard InChI is InChI=1S/C13H14F3N5O.C7H7F3N2O.C6H10N4.2ClH/c14-13(15,16)22-8-3-4-9-10(7-8)19-12(18-9)20-11(17)21-5-1-2-6-21;8-7(9,10)13-4-1-2-5(11)6(12)3-4;7-5-9-6(8)10-3-1-2-4-10;;/h3-4,7H,1-2,5-6H2,(H3,17,18,19,20);1-3H,11-12H2;1-4H2,(H2,8,9);2*1H. The number of nitrogens with two attached hydrogens (primary N) is 4. The smallest absolute Gasteiger partial charge is 0.406 e. The maximum absolute atomic E-state index is 12.2. The Kier molecular flexibility index (Phi) is 15.3. The van der Waals surface area contributed by atoms with E-state index in [0.717, 1.165) is 64.0 Å². The summed E-state index contributed by atoms with van der Waals surface area (Å²) in [6, 6.07) is 7.21. The fraction of sp³-hybridized carbons (Fsp3) is 0.385. The van der Waals surface area contributed by atoms with Crippen LogP contribution in [0.4, 0.5) is 43.7 Å². The van der Waals surface area contributed by atoms with E-state index in [1.165, 1.54) is 24.3 Å². The summed E-state index contributed by atoms with van der Waals surface area (Å²) in [6.07, 6.45) is -3.33. The van der Waals surface area contributed by atoms with Gasteiger partial charge in [0, 0.05) is 38.3 Å². The molecule has 1 aromatic heterocycles. The van der Waals surface area contributed by atoms with Gasteiger partial charge in [-0.15, -0.1) is 56.1 Å². The van der Waals surface area contributed by atoms with E-state index < -0.39 is 12.7 Å². The number of likely N-dealkylation sites (tertiary alicyclic amines) is 2. The number of nitriles is 1. The lowest BCUT2D eigenvalue weighted by molar-refractivity contribution is -0.275. The molecule has 0 saturated carbocycles. The van der Waals surface area contributed by atoms with E-state index in [9.17, 15) is 26.3 Å². The summed E-state index contributed by atoms with van der Waals surface area (Å²) in [5.74, 6) is 0.276. The molecule has 3 heterocycles. The lowest BCUT2D eigenvalue weighted by Gasteiger charge is -2.14. The quantitative estimate of drug-likeness (QED) is 0.0809. The van der Waals surface area contributed by atoms with Crippen LogP contribution in [0.3, 0.4) is 0 Å². The number of hydrogen-bond donors (Lipinski definition) is 5. The van der Waals surface area contributed by atoms with Crippen LogP contribution >= 0.6 is 24.8 Å². The molecule has 0 spiro atoms. The van der Waals surface area contributed by atoms with Gasteiger partial charge in [0.2, 0.25) is 18.1 Å². The minimum absolute atomic E-state index is 0. The van der Waals surface area contributed by atoms with Crippen molar-refractivity contribution in [2.75, 3.05) is 37.6 Å². The lowest BCUT2D eigenvalue weighted by atomic mass is 10.2. The van der Waals surface area contributed by atoms with E-state index in [1.807, 2.05) is 9.80 Å². The Morgan fingerprint density at radius 1 is 0.787 bits per heavy atom. The average molecular weight is 717 g/mol. The number of aromatic nitrogens is 2. The van der Waals surface area contributed by atoms with E-state index in [1.54, 1.807) is 6.19 Å². The fourth-order valence-corrected chi connectivity index (χ4v) is 4.17. The van der Waals surface area contributed by atoms with E-state index >= 15 is 0 Å². The number of H-pyrrole nitrogens is 1. The molecule has 0 unspecified atom stereocenters. The molecule has 2 fully saturated rings. The number of imidazole rings is 1. The molecule has 13 nitrogen and oxygen atoms in total. The highest BCUT2D eigenvalue weighted by Gasteiger charge is 2.32. The van der Waals surface area contributed by atoms with Crippen molar-refractivity contribution in [2.24, 2.45) is 21.5 Å². The Morgan fingerprint density at radius 3 is 1.77 bits per heavy atom. The molecule has 0 atom stereocenters. The van der Waals surface area contributed by atoms with Crippen molar-refractivity contribution in [3.63, 3.8) is 0 Å². The number of halogens is 8. The van der Waals surface area contributed by atoms with Crippen molar-refractivity contribution >= 4 is 65.1 Å². The molecule has 2 saturated heterocycles. The molecule has 2 aliphatic heterocycles. The van der Waals surface area contributed by atoms with Crippen molar-refractivity contribution in [1.82, 2.24) is 19.8 Å². The average Bonchev–Trinajstić information content (AvgIpc) is 3.72. The zero-order chi connectivity index (χ0) is 33.2. The summed E-state index contributed by atoms with van der Waals surface area (Å²) in [5.41, 5.74) is 23.0. The molecule has 0 bridgehead atoms. The Hall–Kier alpha value is -4.70. The molecule has 0 radical (unpaired) electrons. The number of guanidine groups is 2. The normalized spacial score (nSPS) is 14.9. The summed E-state index contributed by atoms with van der Waals surface area (Å²) < 4.78 is 79.1.